The third kappa shape index (κ3) is 7.95. The molecule has 0 aliphatic rings. The van der Waals surface area contributed by atoms with E-state index in [0.29, 0.717) is 19.0 Å². The molecule has 0 atom stereocenters. The Bertz CT molecular complexity index is 682. The number of benzene rings is 1. The number of aryl methyl sites for hydroxylation is 1. The molecule has 2 rings (SSSR count). The molecule has 5 nitrogen and oxygen atoms in total. The monoisotopic (exact) mass is 482 g/mol. The van der Waals surface area contributed by atoms with Crippen LogP contribution in [0.3, 0.4) is 0 Å². The maximum absolute atomic E-state index is 12.2. The summed E-state index contributed by atoms with van der Waals surface area (Å²) in [5.74, 6) is 0.787. The molecule has 1 aromatic heterocycles. The SMILES string of the molecule is CN=C(NCCc1ncc(C)s1)NCc1cccc(OC(F)F)c1.I. The van der Waals surface area contributed by atoms with Gasteiger partial charge in [-0.15, -0.1) is 35.3 Å². The van der Waals surface area contributed by atoms with Gasteiger partial charge in [0.15, 0.2) is 5.96 Å². The maximum atomic E-state index is 12.2. The Morgan fingerprint density at radius 2 is 2.16 bits per heavy atom. The van der Waals surface area contributed by atoms with Crippen LogP contribution in [0.15, 0.2) is 35.5 Å². The lowest BCUT2D eigenvalue weighted by atomic mass is 10.2. The van der Waals surface area contributed by atoms with Crippen LogP contribution in [-0.4, -0.2) is 31.1 Å². The molecule has 0 fully saturated rings. The molecule has 2 aromatic rings. The Hall–Kier alpha value is -1.49. The molecule has 0 aliphatic heterocycles. The number of nitrogens with one attached hydrogen (secondary N) is 2. The molecule has 0 amide bonds. The van der Waals surface area contributed by atoms with Crippen LogP contribution < -0.4 is 15.4 Å². The second kappa shape index (κ2) is 11.2. The van der Waals surface area contributed by atoms with Crippen LogP contribution in [0, 0.1) is 6.92 Å². The quantitative estimate of drug-likeness (QED) is 0.360. The Labute approximate surface area is 166 Å². The van der Waals surface area contributed by atoms with Gasteiger partial charge in [0.1, 0.15) is 5.75 Å². The summed E-state index contributed by atoms with van der Waals surface area (Å²) >= 11 is 1.68. The Morgan fingerprint density at radius 3 is 2.80 bits per heavy atom. The lowest BCUT2D eigenvalue weighted by molar-refractivity contribution is -0.0498. The molecule has 0 saturated carbocycles. The number of halogens is 3. The van der Waals surface area contributed by atoms with Crippen LogP contribution in [0.25, 0.3) is 0 Å². The number of alkyl halides is 2. The van der Waals surface area contributed by atoms with Crippen molar-refractivity contribution in [1.82, 2.24) is 15.6 Å². The van der Waals surface area contributed by atoms with Gasteiger partial charge in [0.2, 0.25) is 0 Å². The summed E-state index contributed by atoms with van der Waals surface area (Å²) in [7, 11) is 1.68. The number of aliphatic imine (C=N–C) groups is 1. The summed E-state index contributed by atoms with van der Waals surface area (Å²) in [5, 5.41) is 7.41. The van der Waals surface area contributed by atoms with E-state index in [-0.39, 0.29) is 29.7 Å². The number of nitrogens with zero attached hydrogens (tertiary/aromatic N) is 2. The highest BCUT2D eigenvalue weighted by atomic mass is 127. The Kier molecular flexibility index (Phi) is 9.65. The van der Waals surface area contributed by atoms with Crippen LogP contribution in [0.2, 0.25) is 0 Å². The summed E-state index contributed by atoms with van der Waals surface area (Å²) in [6.45, 7) is 0.371. The first-order chi connectivity index (χ1) is 11.6. The minimum absolute atomic E-state index is 0. The minimum atomic E-state index is -2.82. The van der Waals surface area contributed by atoms with Gasteiger partial charge in [-0.3, -0.25) is 4.99 Å². The van der Waals surface area contributed by atoms with Crippen molar-refractivity contribution in [1.29, 1.82) is 0 Å². The minimum Gasteiger partial charge on any atom is -0.435 e. The lowest BCUT2D eigenvalue weighted by Gasteiger charge is -2.12. The first kappa shape index (κ1) is 21.6. The topological polar surface area (TPSA) is 58.5 Å². The van der Waals surface area contributed by atoms with E-state index in [1.54, 1.807) is 30.5 Å². The molecule has 25 heavy (non-hydrogen) atoms. The van der Waals surface area contributed by atoms with Gasteiger partial charge in [-0.25, -0.2) is 4.98 Å². The van der Waals surface area contributed by atoms with Crippen molar-refractivity contribution in [2.75, 3.05) is 13.6 Å². The molecular weight excluding hydrogens is 461 g/mol. The summed E-state index contributed by atoms with van der Waals surface area (Å²) in [4.78, 5) is 9.64. The summed E-state index contributed by atoms with van der Waals surface area (Å²) in [6, 6.07) is 6.58. The normalized spacial score (nSPS) is 11.2. The van der Waals surface area contributed by atoms with E-state index in [2.05, 4.69) is 25.3 Å². The average molecular weight is 482 g/mol. The van der Waals surface area contributed by atoms with Crippen LogP contribution in [0.1, 0.15) is 15.4 Å². The number of guanidine groups is 1. The smallest absolute Gasteiger partial charge is 0.387 e. The fraction of sp³-hybridized carbons (Fsp3) is 0.375. The van der Waals surface area contributed by atoms with Gasteiger partial charge >= 0.3 is 6.61 Å². The van der Waals surface area contributed by atoms with E-state index < -0.39 is 6.61 Å². The highest BCUT2D eigenvalue weighted by Crippen LogP contribution is 2.15. The van der Waals surface area contributed by atoms with Gasteiger partial charge in [0, 0.05) is 37.6 Å². The van der Waals surface area contributed by atoms with Crippen LogP contribution >= 0.6 is 35.3 Å². The molecule has 0 bridgehead atoms. The molecule has 1 aromatic carbocycles. The van der Waals surface area contributed by atoms with Gasteiger partial charge in [-0.1, -0.05) is 12.1 Å². The van der Waals surface area contributed by atoms with E-state index in [1.165, 1.54) is 10.9 Å². The highest BCUT2D eigenvalue weighted by molar-refractivity contribution is 14.0. The molecule has 9 heteroatoms. The van der Waals surface area contributed by atoms with Crippen LogP contribution in [-0.2, 0) is 13.0 Å². The van der Waals surface area contributed by atoms with Crippen LogP contribution in [0.5, 0.6) is 5.75 Å². The van der Waals surface area contributed by atoms with E-state index in [4.69, 9.17) is 0 Å². The van der Waals surface area contributed by atoms with E-state index in [9.17, 15) is 8.78 Å². The molecule has 0 saturated heterocycles. The molecule has 0 radical (unpaired) electrons. The Morgan fingerprint density at radius 1 is 1.36 bits per heavy atom. The number of thiazole rings is 1. The molecule has 1 heterocycles. The largest absolute Gasteiger partial charge is 0.435 e. The first-order valence-electron chi connectivity index (χ1n) is 7.46. The zero-order valence-electron chi connectivity index (χ0n) is 14.0. The number of ether oxygens (including phenoxy) is 1. The second-order valence-corrected chi connectivity index (χ2v) is 6.31. The number of rotatable bonds is 7. The predicted octanol–water partition coefficient (Wildman–Crippen LogP) is 3.58. The lowest BCUT2D eigenvalue weighted by Crippen LogP contribution is -2.37. The van der Waals surface area contributed by atoms with Gasteiger partial charge in [0.25, 0.3) is 0 Å². The summed E-state index contributed by atoms with van der Waals surface area (Å²) in [6.07, 6.45) is 2.68. The fourth-order valence-electron chi connectivity index (χ4n) is 2.04. The number of aromatic nitrogens is 1. The van der Waals surface area contributed by atoms with Crippen molar-refractivity contribution >= 4 is 41.3 Å². The Balaban J connectivity index is 0.00000312. The molecule has 0 unspecified atom stereocenters. The number of hydrogen-bond donors (Lipinski definition) is 2. The van der Waals surface area contributed by atoms with E-state index >= 15 is 0 Å². The fourth-order valence-corrected chi connectivity index (χ4v) is 2.83. The number of hydrogen-bond acceptors (Lipinski definition) is 4. The van der Waals surface area contributed by atoms with Crippen molar-refractivity contribution in [3.05, 3.63) is 45.9 Å². The maximum Gasteiger partial charge on any atom is 0.387 e. The standard InChI is InChI=1S/C16H20F2N4OS.HI/c1-11-9-21-14(24-11)6-7-20-16(19-2)22-10-12-4-3-5-13(8-12)23-15(17)18;/h3-5,8-9,15H,6-7,10H2,1-2H3,(H2,19,20,22);1H. The van der Waals surface area contributed by atoms with Crippen molar-refractivity contribution in [3.63, 3.8) is 0 Å². The zero-order chi connectivity index (χ0) is 17.4. The van der Waals surface area contributed by atoms with Gasteiger partial charge in [0.05, 0.1) is 5.01 Å². The van der Waals surface area contributed by atoms with Gasteiger partial charge in [-0.2, -0.15) is 8.78 Å². The van der Waals surface area contributed by atoms with Crippen molar-refractivity contribution in [2.24, 2.45) is 4.99 Å². The molecule has 0 spiro atoms. The molecular formula is C16H21F2IN4OS. The predicted molar refractivity (Wildman–Crippen MR) is 107 cm³/mol. The zero-order valence-corrected chi connectivity index (χ0v) is 17.1. The van der Waals surface area contributed by atoms with Crippen molar-refractivity contribution < 1.29 is 13.5 Å². The first-order valence-corrected chi connectivity index (χ1v) is 8.28. The van der Waals surface area contributed by atoms with E-state index in [1.807, 2.05) is 19.2 Å². The van der Waals surface area contributed by atoms with Crippen molar-refractivity contribution in [3.8, 4) is 5.75 Å². The summed E-state index contributed by atoms with van der Waals surface area (Å²) < 4.78 is 28.9. The third-order valence-electron chi connectivity index (χ3n) is 3.11. The van der Waals surface area contributed by atoms with Gasteiger partial charge in [-0.05, 0) is 24.6 Å². The van der Waals surface area contributed by atoms with E-state index in [0.717, 1.165) is 17.0 Å². The van der Waals surface area contributed by atoms with Crippen LogP contribution in [0.4, 0.5) is 8.78 Å². The third-order valence-corrected chi connectivity index (χ3v) is 4.08. The average Bonchev–Trinajstić information content (AvgIpc) is 2.96. The van der Waals surface area contributed by atoms with Gasteiger partial charge < -0.3 is 15.4 Å². The molecule has 0 aliphatic carbocycles. The summed E-state index contributed by atoms with van der Waals surface area (Å²) in [5.41, 5.74) is 0.826. The molecule has 138 valence electrons. The molecule has 2 N–H and O–H groups in total. The highest BCUT2D eigenvalue weighted by Gasteiger charge is 2.05. The second-order valence-electron chi connectivity index (χ2n) is 4.99. The van der Waals surface area contributed by atoms with Crippen molar-refractivity contribution in [2.45, 2.75) is 26.5 Å².